The van der Waals surface area contributed by atoms with Gasteiger partial charge in [-0.2, -0.15) is 0 Å². The average molecular weight is 251 g/mol. The number of nitrogens with one attached hydrogen (secondary N) is 1. The third kappa shape index (κ3) is 2.93. The summed E-state index contributed by atoms with van der Waals surface area (Å²) in [5.74, 6) is 0. The number of imidazole rings is 1. The van der Waals surface area contributed by atoms with E-state index < -0.39 is 0 Å². The van der Waals surface area contributed by atoms with Crippen LogP contribution in [0.25, 0.3) is 0 Å². The smallest absolute Gasteiger partial charge is 0.0951 e. The number of hydrogen-bond donors (Lipinski definition) is 2. The van der Waals surface area contributed by atoms with E-state index in [-0.39, 0.29) is 12.1 Å². The molecule has 1 aromatic heterocycles. The summed E-state index contributed by atoms with van der Waals surface area (Å²) in [5.41, 5.74) is 2.52. The Morgan fingerprint density at radius 2 is 2.22 bits per heavy atom. The van der Waals surface area contributed by atoms with Crippen molar-refractivity contribution in [3.8, 4) is 0 Å². The fourth-order valence-corrected chi connectivity index (χ4v) is 2.74. The van der Waals surface area contributed by atoms with Gasteiger partial charge in [0.05, 0.1) is 18.6 Å². The number of fused-ring (bicyclic) bond motifs is 1. The monoisotopic (exact) mass is 251 g/mol. The molecule has 0 amide bonds. The minimum absolute atomic E-state index is 0.178. The number of aromatic nitrogens is 2. The van der Waals surface area contributed by atoms with Crippen molar-refractivity contribution in [2.75, 3.05) is 13.2 Å². The highest BCUT2D eigenvalue weighted by Gasteiger charge is 2.23. The Balaban J connectivity index is 1.99. The van der Waals surface area contributed by atoms with Crippen LogP contribution in [0.3, 0.4) is 0 Å². The van der Waals surface area contributed by atoms with Crippen molar-refractivity contribution >= 4 is 0 Å². The van der Waals surface area contributed by atoms with Crippen LogP contribution in [0, 0.1) is 0 Å². The van der Waals surface area contributed by atoms with Gasteiger partial charge in [0.2, 0.25) is 0 Å². The zero-order valence-corrected chi connectivity index (χ0v) is 11.6. The molecule has 0 radical (unpaired) electrons. The van der Waals surface area contributed by atoms with Crippen LogP contribution >= 0.6 is 0 Å². The molecule has 1 aromatic rings. The molecule has 2 rings (SSSR count). The maximum absolute atomic E-state index is 9.50. The van der Waals surface area contributed by atoms with Gasteiger partial charge >= 0.3 is 0 Å². The topological polar surface area (TPSA) is 50.1 Å². The van der Waals surface area contributed by atoms with Gasteiger partial charge in [0.15, 0.2) is 0 Å². The fraction of sp³-hybridized carbons (Fsp3) is 0.786. The lowest BCUT2D eigenvalue weighted by atomic mass is 9.98. The first kappa shape index (κ1) is 13.6. The first-order chi connectivity index (χ1) is 8.68. The summed E-state index contributed by atoms with van der Waals surface area (Å²) in [4.78, 5) is 4.51. The third-order valence-electron chi connectivity index (χ3n) is 3.97. The lowest BCUT2D eigenvalue weighted by molar-refractivity contribution is 0.162. The third-order valence-corrected chi connectivity index (χ3v) is 3.97. The van der Waals surface area contributed by atoms with Gasteiger partial charge in [0.25, 0.3) is 0 Å². The number of likely N-dealkylation sites (N-methyl/N-ethyl adjacent to an activating group) is 1. The fourth-order valence-electron chi connectivity index (χ4n) is 2.74. The number of rotatable bonds is 6. The quantitative estimate of drug-likeness (QED) is 0.806. The summed E-state index contributed by atoms with van der Waals surface area (Å²) in [6.07, 6.45) is 7.75. The molecule has 2 N–H and O–H groups in total. The van der Waals surface area contributed by atoms with E-state index in [4.69, 9.17) is 0 Å². The van der Waals surface area contributed by atoms with Crippen molar-refractivity contribution < 1.29 is 5.11 Å². The standard InChI is InChI=1S/C14H25N3O/c1-3-16-14(2,10-18)8-9-17-11-15-12-6-4-5-7-13(12)17/h11,16,18H,3-10H2,1-2H3. The predicted molar refractivity (Wildman–Crippen MR) is 72.7 cm³/mol. The van der Waals surface area contributed by atoms with Crippen molar-refractivity contribution in [2.24, 2.45) is 0 Å². The molecule has 0 bridgehead atoms. The van der Waals surface area contributed by atoms with Crippen LogP contribution in [0.5, 0.6) is 0 Å². The molecule has 0 saturated carbocycles. The summed E-state index contributed by atoms with van der Waals surface area (Å²) >= 11 is 0. The van der Waals surface area contributed by atoms with Crippen molar-refractivity contribution in [2.45, 2.75) is 58.0 Å². The van der Waals surface area contributed by atoms with Crippen molar-refractivity contribution in [3.05, 3.63) is 17.7 Å². The second-order valence-corrected chi connectivity index (χ2v) is 5.54. The van der Waals surface area contributed by atoms with Crippen LogP contribution in [0.1, 0.15) is 44.5 Å². The summed E-state index contributed by atoms with van der Waals surface area (Å²) in [7, 11) is 0. The maximum Gasteiger partial charge on any atom is 0.0951 e. The molecule has 1 unspecified atom stereocenters. The van der Waals surface area contributed by atoms with Crippen LogP contribution in [0.15, 0.2) is 6.33 Å². The van der Waals surface area contributed by atoms with Crippen LogP contribution in [0.4, 0.5) is 0 Å². The largest absolute Gasteiger partial charge is 0.394 e. The Bertz CT molecular complexity index is 388. The van der Waals surface area contributed by atoms with Crippen molar-refractivity contribution in [1.29, 1.82) is 0 Å². The molecule has 1 atom stereocenters. The van der Waals surface area contributed by atoms with Crippen molar-refractivity contribution in [3.63, 3.8) is 0 Å². The van der Waals surface area contributed by atoms with Gasteiger partial charge in [0, 0.05) is 17.8 Å². The molecule has 0 aromatic carbocycles. The van der Waals surface area contributed by atoms with Gasteiger partial charge in [-0.3, -0.25) is 0 Å². The molecule has 1 aliphatic carbocycles. The Morgan fingerprint density at radius 3 is 2.94 bits per heavy atom. The second kappa shape index (κ2) is 5.85. The highest BCUT2D eigenvalue weighted by atomic mass is 16.3. The SMILES string of the molecule is CCNC(C)(CO)CCn1cnc2c1CCCC2. The molecule has 1 heterocycles. The molecule has 4 heteroatoms. The molecular formula is C14H25N3O. The van der Waals surface area contributed by atoms with E-state index in [1.165, 1.54) is 24.2 Å². The number of aliphatic hydroxyl groups excluding tert-OH is 1. The van der Waals surface area contributed by atoms with Crippen LogP contribution in [0.2, 0.25) is 0 Å². The Morgan fingerprint density at radius 1 is 1.44 bits per heavy atom. The Kier molecular flexibility index (Phi) is 4.40. The van der Waals surface area contributed by atoms with Gasteiger partial charge in [0.1, 0.15) is 0 Å². The molecule has 0 saturated heterocycles. The summed E-state index contributed by atoms with van der Waals surface area (Å²) < 4.78 is 2.28. The van der Waals surface area contributed by atoms with E-state index in [9.17, 15) is 5.11 Å². The van der Waals surface area contributed by atoms with Gasteiger partial charge in [-0.25, -0.2) is 4.98 Å². The first-order valence-corrected chi connectivity index (χ1v) is 7.07. The molecule has 1 aliphatic rings. The van der Waals surface area contributed by atoms with E-state index in [0.717, 1.165) is 32.4 Å². The molecule has 0 spiro atoms. The van der Waals surface area contributed by atoms with E-state index in [0.29, 0.717) is 0 Å². The van der Waals surface area contributed by atoms with Crippen LogP contribution < -0.4 is 5.32 Å². The zero-order valence-electron chi connectivity index (χ0n) is 11.6. The normalized spacial score (nSPS) is 18.4. The summed E-state index contributed by atoms with van der Waals surface area (Å²) in [5, 5.41) is 12.9. The lowest BCUT2D eigenvalue weighted by Gasteiger charge is -2.29. The molecule has 4 nitrogen and oxygen atoms in total. The van der Waals surface area contributed by atoms with Gasteiger partial charge in [-0.05, 0) is 45.6 Å². The Labute approximate surface area is 109 Å². The molecule has 0 fully saturated rings. The van der Waals surface area contributed by atoms with E-state index >= 15 is 0 Å². The summed E-state index contributed by atoms with van der Waals surface area (Å²) in [6, 6.07) is 0. The van der Waals surface area contributed by atoms with Crippen LogP contribution in [-0.4, -0.2) is 33.3 Å². The number of aryl methyl sites for hydroxylation is 2. The number of hydrogen-bond acceptors (Lipinski definition) is 3. The minimum atomic E-state index is -0.180. The molecular weight excluding hydrogens is 226 g/mol. The zero-order chi connectivity index (χ0) is 13.0. The van der Waals surface area contributed by atoms with Gasteiger partial charge in [-0.1, -0.05) is 6.92 Å². The highest BCUT2D eigenvalue weighted by Crippen LogP contribution is 2.21. The van der Waals surface area contributed by atoms with Crippen molar-refractivity contribution in [1.82, 2.24) is 14.9 Å². The molecule has 18 heavy (non-hydrogen) atoms. The van der Waals surface area contributed by atoms with Gasteiger partial charge < -0.3 is 15.0 Å². The number of aliphatic hydroxyl groups is 1. The first-order valence-electron chi connectivity index (χ1n) is 7.07. The van der Waals surface area contributed by atoms with Gasteiger partial charge in [-0.15, -0.1) is 0 Å². The van der Waals surface area contributed by atoms with E-state index in [2.05, 4.69) is 28.7 Å². The maximum atomic E-state index is 9.50. The van der Waals surface area contributed by atoms with Crippen LogP contribution in [-0.2, 0) is 19.4 Å². The average Bonchev–Trinajstić information content (AvgIpc) is 2.80. The molecule has 0 aliphatic heterocycles. The van der Waals surface area contributed by atoms with E-state index in [1.54, 1.807) is 0 Å². The summed E-state index contributed by atoms with van der Waals surface area (Å²) in [6.45, 7) is 6.16. The molecule has 102 valence electrons. The predicted octanol–water partition coefficient (Wildman–Crippen LogP) is 1.51. The Hall–Kier alpha value is -0.870. The van der Waals surface area contributed by atoms with E-state index in [1.807, 2.05) is 6.33 Å². The second-order valence-electron chi connectivity index (χ2n) is 5.54. The number of nitrogens with zero attached hydrogens (tertiary/aromatic N) is 2. The minimum Gasteiger partial charge on any atom is -0.394 e. The highest BCUT2D eigenvalue weighted by molar-refractivity contribution is 5.16. The lowest BCUT2D eigenvalue weighted by Crippen LogP contribution is -2.46.